The molecule has 0 saturated heterocycles. The Bertz CT molecular complexity index is 811. The normalized spacial score (nSPS) is 10.4. The molecule has 0 spiro atoms. The lowest BCUT2D eigenvalue weighted by Gasteiger charge is -2.07. The van der Waals surface area contributed by atoms with Crippen LogP contribution in [0.5, 0.6) is 0 Å². The summed E-state index contributed by atoms with van der Waals surface area (Å²) in [5.41, 5.74) is 2.12. The van der Waals surface area contributed by atoms with Crippen molar-refractivity contribution in [1.29, 1.82) is 0 Å². The fourth-order valence-corrected chi connectivity index (χ4v) is 2.94. The first-order valence-corrected chi connectivity index (χ1v) is 8.78. The average Bonchev–Trinajstić information content (AvgIpc) is 3.34. The third-order valence-electron chi connectivity index (χ3n) is 3.60. The summed E-state index contributed by atoms with van der Waals surface area (Å²) in [5, 5.41) is 11.4. The van der Waals surface area contributed by atoms with Gasteiger partial charge in [0.1, 0.15) is 0 Å². The van der Waals surface area contributed by atoms with E-state index in [-0.39, 0.29) is 18.4 Å². The quantitative estimate of drug-likeness (QED) is 0.682. The largest absolute Gasteiger partial charge is 0.354 e. The van der Waals surface area contributed by atoms with E-state index in [1.54, 1.807) is 23.0 Å². The Labute approximate surface area is 149 Å². The highest BCUT2D eigenvalue weighted by atomic mass is 32.1. The lowest BCUT2D eigenvalue weighted by molar-refractivity contribution is -0.120. The molecule has 3 rings (SSSR count). The van der Waals surface area contributed by atoms with Crippen LogP contribution in [0.1, 0.15) is 15.2 Å². The summed E-state index contributed by atoms with van der Waals surface area (Å²) in [4.78, 5) is 24.1. The van der Waals surface area contributed by atoms with E-state index >= 15 is 0 Å². The predicted molar refractivity (Wildman–Crippen MR) is 96.9 cm³/mol. The molecule has 0 fully saturated rings. The topological polar surface area (TPSA) is 76.0 Å². The lowest BCUT2D eigenvalue weighted by Crippen LogP contribution is -2.37. The third kappa shape index (κ3) is 4.77. The molecule has 0 aliphatic carbocycles. The summed E-state index contributed by atoms with van der Waals surface area (Å²) in [6.45, 7) is 0.504. The molecule has 25 heavy (non-hydrogen) atoms. The van der Waals surface area contributed by atoms with Gasteiger partial charge in [-0.15, -0.1) is 11.3 Å². The number of hydrogen-bond acceptors (Lipinski definition) is 4. The van der Waals surface area contributed by atoms with Gasteiger partial charge < -0.3 is 10.6 Å². The van der Waals surface area contributed by atoms with E-state index in [0.29, 0.717) is 11.4 Å². The second kappa shape index (κ2) is 8.25. The molecule has 2 amide bonds. The molecule has 3 aromatic rings. The first-order chi connectivity index (χ1) is 12.2. The van der Waals surface area contributed by atoms with Crippen molar-refractivity contribution >= 4 is 23.2 Å². The zero-order valence-electron chi connectivity index (χ0n) is 13.5. The van der Waals surface area contributed by atoms with Crippen molar-refractivity contribution in [3.05, 3.63) is 70.7 Å². The number of hydrogen-bond donors (Lipinski definition) is 2. The molecular weight excluding hydrogens is 336 g/mol. The summed E-state index contributed by atoms with van der Waals surface area (Å²) in [7, 11) is 0. The van der Waals surface area contributed by atoms with Crippen LogP contribution < -0.4 is 10.6 Å². The number of thiophene rings is 1. The van der Waals surface area contributed by atoms with Crippen LogP contribution in [0.4, 0.5) is 0 Å². The first kappa shape index (κ1) is 16.9. The van der Waals surface area contributed by atoms with Crippen molar-refractivity contribution in [3.63, 3.8) is 0 Å². The third-order valence-corrected chi connectivity index (χ3v) is 4.46. The zero-order chi connectivity index (χ0) is 17.5. The summed E-state index contributed by atoms with van der Waals surface area (Å²) in [6.07, 6.45) is 4.35. The lowest BCUT2D eigenvalue weighted by atomic mass is 10.1. The van der Waals surface area contributed by atoms with E-state index < -0.39 is 0 Å². The van der Waals surface area contributed by atoms with Crippen LogP contribution in [0.15, 0.2) is 60.2 Å². The van der Waals surface area contributed by atoms with Gasteiger partial charge in [0.05, 0.1) is 17.1 Å². The van der Waals surface area contributed by atoms with Crippen molar-refractivity contribution < 1.29 is 9.59 Å². The summed E-state index contributed by atoms with van der Waals surface area (Å²) < 4.78 is 1.79. The van der Waals surface area contributed by atoms with Gasteiger partial charge in [0, 0.05) is 18.9 Å². The van der Waals surface area contributed by atoms with Crippen LogP contribution in [0.2, 0.25) is 0 Å². The van der Waals surface area contributed by atoms with E-state index in [1.807, 2.05) is 41.9 Å². The van der Waals surface area contributed by atoms with Crippen molar-refractivity contribution in [2.24, 2.45) is 0 Å². The van der Waals surface area contributed by atoms with Crippen LogP contribution in [0, 0.1) is 0 Å². The van der Waals surface area contributed by atoms with Gasteiger partial charge in [-0.2, -0.15) is 5.10 Å². The maximum Gasteiger partial charge on any atom is 0.261 e. The van der Waals surface area contributed by atoms with Gasteiger partial charge >= 0.3 is 0 Å². The molecule has 0 atom stereocenters. The molecule has 2 N–H and O–H groups in total. The van der Waals surface area contributed by atoms with Crippen LogP contribution in [0.3, 0.4) is 0 Å². The Hall–Kier alpha value is -2.93. The van der Waals surface area contributed by atoms with Crippen molar-refractivity contribution in [3.8, 4) is 5.69 Å². The van der Waals surface area contributed by atoms with Gasteiger partial charge in [0.2, 0.25) is 5.91 Å². The number of benzene rings is 1. The predicted octanol–water partition coefficient (Wildman–Crippen LogP) is 2.02. The van der Waals surface area contributed by atoms with Crippen LogP contribution >= 0.6 is 11.3 Å². The highest BCUT2D eigenvalue weighted by Crippen LogP contribution is 2.09. The molecule has 7 heteroatoms. The second-order valence-corrected chi connectivity index (χ2v) is 6.32. The molecule has 128 valence electrons. The maximum absolute atomic E-state index is 11.8. The van der Waals surface area contributed by atoms with Crippen molar-refractivity contribution in [1.82, 2.24) is 20.4 Å². The van der Waals surface area contributed by atoms with Gasteiger partial charge in [-0.3, -0.25) is 9.59 Å². The van der Waals surface area contributed by atoms with Gasteiger partial charge in [0.25, 0.3) is 5.91 Å². The highest BCUT2D eigenvalue weighted by Gasteiger charge is 2.08. The van der Waals surface area contributed by atoms with Crippen LogP contribution in [-0.2, 0) is 11.2 Å². The summed E-state index contributed by atoms with van der Waals surface area (Å²) in [5.74, 6) is -0.419. The molecule has 6 nitrogen and oxygen atoms in total. The van der Waals surface area contributed by atoms with Crippen LogP contribution in [0.25, 0.3) is 5.69 Å². The molecule has 0 aliphatic rings. The molecule has 0 aliphatic heterocycles. The second-order valence-electron chi connectivity index (χ2n) is 5.38. The van der Waals surface area contributed by atoms with Crippen LogP contribution in [-0.4, -0.2) is 34.7 Å². The minimum absolute atomic E-state index is 0.0189. The van der Waals surface area contributed by atoms with Gasteiger partial charge in [-0.25, -0.2) is 4.68 Å². The molecule has 0 bridgehead atoms. The molecule has 0 unspecified atom stereocenters. The smallest absolute Gasteiger partial charge is 0.261 e. The molecule has 0 saturated carbocycles. The highest BCUT2D eigenvalue weighted by molar-refractivity contribution is 7.12. The summed E-state index contributed by atoms with van der Waals surface area (Å²) >= 11 is 1.35. The Morgan fingerprint density at radius 3 is 2.60 bits per heavy atom. The minimum atomic E-state index is -0.223. The van der Waals surface area contributed by atoms with Gasteiger partial charge in [0.15, 0.2) is 0 Å². The fourth-order valence-electron chi connectivity index (χ4n) is 2.30. The van der Waals surface area contributed by atoms with Crippen molar-refractivity contribution in [2.45, 2.75) is 6.42 Å². The fraction of sp³-hybridized carbons (Fsp3) is 0.167. The van der Waals surface area contributed by atoms with Gasteiger partial charge in [-0.05, 0) is 41.6 Å². The number of nitrogens with zero attached hydrogens (tertiary/aromatic N) is 2. The Kier molecular flexibility index (Phi) is 5.58. The molecule has 2 aromatic heterocycles. The number of carbonyl (C=O) groups is 2. The average molecular weight is 354 g/mol. The standard InChI is InChI=1S/C18H18N4O2S/c23-17(13-20-18(24)16-3-1-12-25-16)19-10-8-14-4-6-15(7-5-14)22-11-2-9-21-22/h1-7,9,11-12H,8,10,13H2,(H,19,23)(H,20,24). The van der Waals surface area contributed by atoms with Gasteiger partial charge in [-0.1, -0.05) is 18.2 Å². The van der Waals surface area contributed by atoms with E-state index in [2.05, 4.69) is 15.7 Å². The van der Waals surface area contributed by atoms with Crippen molar-refractivity contribution in [2.75, 3.05) is 13.1 Å². The monoisotopic (exact) mass is 354 g/mol. The van der Waals surface area contributed by atoms with E-state index in [9.17, 15) is 9.59 Å². The molecule has 0 radical (unpaired) electrons. The Morgan fingerprint density at radius 2 is 1.92 bits per heavy atom. The van der Waals surface area contributed by atoms with E-state index in [1.165, 1.54) is 11.3 Å². The summed E-state index contributed by atoms with van der Waals surface area (Å²) in [6, 6.07) is 13.4. The Morgan fingerprint density at radius 1 is 1.08 bits per heavy atom. The number of carbonyl (C=O) groups excluding carboxylic acids is 2. The number of amides is 2. The molecular formula is C18H18N4O2S. The number of nitrogens with one attached hydrogen (secondary N) is 2. The number of rotatable bonds is 7. The Balaban J connectivity index is 1.39. The number of aromatic nitrogens is 2. The maximum atomic E-state index is 11.8. The first-order valence-electron chi connectivity index (χ1n) is 7.90. The molecule has 1 aromatic carbocycles. The SMILES string of the molecule is O=C(CNC(=O)c1cccs1)NCCc1ccc(-n2cccn2)cc1. The molecule has 2 heterocycles. The zero-order valence-corrected chi connectivity index (χ0v) is 14.3. The van der Waals surface area contributed by atoms with E-state index in [0.717, 1.165) is 17.7 Å². The van der Waals surface area contributed by atoms with E-state index in [4.69, 9.17) is 0 Å². The minimum Gasteiger partial charge on any atom is -0.354 e.